The Bertz CT molecular complexity index is 464. The van der Waals surface area contributed by atoms with E-state index in [0.29, 0.717) is 6.42 Å². The monoisotopic (exact) mass is 307 g/mol. The summed E-state index contributed by atoms with van der Waals surface area (Å²) < 4.78 is 0. The second-order valence-electron chi connectivity index (χ2n) is 6.32. The Labute approximate surface area is 131 Å². The summed E-state index contributed by atoms with van der Waals surface area (Å²) in [7, 11) is 0. The summed E-state index contributed by atoms with van der Waals surface area (Å²) >= 11 is 1.76. The molecule has 1 aromatic rings. The zero-order chi connectivity index (χ0) is 15.3. The van der Waals surface area contributed by atoms with Gasteiger partial charge in [-0.25, -0.2) is 0 Å². The van der Waals surface area contributed by atoms with Gasteiger partial charge in [0.2, 0.25) is 5.91 Å². The maximum absolute atomic E-state index is 12.3. The third kappa shape index (κ3) is 4.71. The zero-order valence-corrected chi connectivity index (χ0v) is 13.7. The van der Waals surface area contributed by atoms with Crippen LogP contribution in [0.4, 0.5) is 0 Å². The Kier molecular flexibility index (Phi) is 5.65. The molecular formula is C16H25N3OS. The maximum Gasteiger partial charge on any atom is 0.223 e. The molecule has 0 radical (unpaired) electrons. The molecule has 21 heavy (non-hydrogen) atoms. The van der Waals surface area contributed by atoms with Gasteiger partial charge in [-0.3, -0.25) is 9.78 Å². The Morgan fingerprint density at radius 1 is 1.52 bits per heavy atom. The average molecular weight is 307 g/mol. The van der Waals surface area contributed by atoms with E-state index in [9.17, 15) is 4.79 Å². The summed E-state index contributed by atoms with van der Waals surface area (Å²) in [6.07, 6.45) is 3.31. The van der Waals surface area contributed by atoms with Crippen molar-refractivity contribution in [2.24, 2.45) is 11.1 Å². The maximum atomic E-state index is 12.3. The average Bonchev–Trinajstić information content (AvgIpc) is 2.47. The number of nitrogens with two attached hydrogens (primary N) is 1. The molecule has 1 unspecified atom stereocenters. The van der Waals surface area contributed by atoms with Crippen molar-refractivity contribution in [1.82, 2.24) is 9.88 Å². The highest BCUT2D eigenvalue weighted by Gasteiger charge is 2.34. The van der Waals surface area contributed by atoms with Crippen LogP contribution in [0.25, 0.3) is 0 Å². The predicted octanol–water partition coefficient (Wildman–Crippen LogP) is 2.29. The Balaban J connectivity index is 1.70. The number of nitrogens with zero attached hydrogens (tertiary/aromatic N) is 2. The lowest BCUT2D eigenvalue weighted by atomic mass is 9.79. The van der Waals surface area contributed by atoms with Gasteiger partial charge in [-0.05, 0) is 24.0 Å². The number of aromatic nitrogens is 1. The van der Waals surface area contributed by atoms with Crippen molar-refractivity contribution in [3.05, 3.63) is 30.1 Å². The standard InChI is InChI=1S/C16H25N3OS/c1-16(2)12-19(9-6-14(16)17)15(20)7-10-21-11-13-5-3-4-8-18-13/h3-5,8,14H,6-7,9-12,17H2,1-2H3. The number of hydrogen-bond acceptors (Lipinski definition) is 4. The van der Waals surface area contributed by atoms with E-state index in [1.54, 1.807) is 18.0 Å². The van der Waals surface area contributed by atoms with E-state index >= 15 is 0 Å². The van der Waals surface area contributed by atoms with Crippen LogP contribution in [0.3, 0.4) is 0 Å². The first-order valence-electron chi connectivity index (χ1n) is 7.50. The molecule has 1 atom stereocenters. The van der Waals surface area contributed by atoms with Gasteiger partial charge in [-0.2, -0.15) is 11.8 Å². The first kappa shape index (κ1) is 16.3. The van der Waals surface area contributed by atoms with Crippen molar-refractivity contribution < 1.29 is 4.79 Å². The Morgan fingerprint density at radius 2 is 2.33 bits per heavy atom. The van der Waals surface area contributed by atoms with Crippen LogP contribution in [0.15, 0.2) is 24.4 Å². The lowest BCUT2D eigenvalue weighted by Crippen LogP contribution is -2.54. The minimum absolute atomic E-state index is 0.0228. The third-order valence-corrected chi connectivity index (χ3v) is 5.09. The highest BCUT2D eigenvalue weighted by molar-refractivity contribution is 7.98. The van der Waals surface area contributed by atoms with Crippen molar-refractivity contribution in [3.63, 3.8) is 0 Å². The summed E-state index contributed by atoms with van der Waals surface area (Å²) in [5.41, 5.74) is 7.20. The molecule has 2 N–H and O–H groups in total. The summed E-state index contributed by atoms with van der Waals surface area (Å²) in [4.78, 5) is 18.5. The Hall–Kier alpha value is -1.07. The van der Waals surface area contributed by atoms with Crippen LogP contribution >= 0.6 is 11.8 Å². The molecule has 1 amide bonds. The molecule has 4 nitrogen and oxygen atoms in total. The molecule has 1 aliphatic heterocycles. The molecule has 5 heteroatoms. The summed E-state index contributed by atoms with van der Waals surface area (Å²) in [5.74, 6) is 1.96. The summed E-state index contributed by atoms with van der Waals surface area (Å²) in [6.45, 7) is 5.87. The zero-order valence-electron chi connectivity index (χ0n) is 12.9. The molecule has 0 saturated carbocycles. The molecule has 2 rings (SSSR count). The van der Waals surface area contributed by atoms with Crippen LogP contribution in [-0.2, 0) is 10.5 Å². The van der Waals surface area contributed by atoms with E-state index in [1.807, 2.05) is 23.1 Å². The molecular weight excluding hydrogens is 282 g/mol. The molecule has 1 fully saturated rings. The number of carbonyl (C=O) groups excluding carboxylic acids is 1. The van der Waals surface area contributed by atoms with Gasteiger partial charge in [0.25, 0.3) is 0 Å². The predicted molar refractivity (Wildman–Crippen MR) is 88.0 cm³/mol. The van der Waals surface area contributed by atoms with E-state index in [1.165, 1.54) is 0 Å². The summed E-state index contributed by atoms with van der Waals surface area (Å²) in [6, 6.07) is 6.12. The van der Waals surface area contributed by atoms with E-state index in [0.717, 1.165) is 36.7 Å². The molecule has 1 aliphatic rings. The SMILES string of the molecule is CC1(C)CN(C(=O)CCSCc2ccccn2)CCC1N. The number of pyridine rings is 1. The van der Waals surface area contributed by atoms with E-state index in [-0.39, 0.29) is 17.4 Å². The molecule has 1 aromatic heterocycles. The number of piperidine rings is 1. The fourth-order valence-electron chi connectivity index (χ4n) is 2.56. The molecule has 1 saturated heterocycles. The van der Waals surface area contributed by atoms with Crippen LogP contribution < -0.4 is 5.73 Å². The number of carbonyl (C=O) groups is 1. The van der Waals surface area contributed by atoms with Crippen molar-refractivity contribution in [3.8, 4) is 0 Å². The number of hydrogen-bond donors (Lipinski definition) is 1. The van der Waals surface area contributed by atoms with Gasteiger partial charge >= 0.3 is 0 Å². The van der Waals surface area contributed by atoms with Gasteiger partial charge in [0, 0.05) is 43.3 Å². The minimum atomic E-state index is 0.0228. The van der Waals surface area contributed by atoms with Gasteiger partial charge in [-0.15, -0.1) is 0 Å². The second kappa shape index (κ2) is 7.27. The van der Waals surface area contributed by atoms with Crippen LogP contribution in [0.1, 0.15) is 32.4 Å². The van der Waals surface area contributed by atoms with E-state index in [4.69, 9.17) is 5.73 Å². The summed E-state index contributed by atoms with van der Waals surface area (Å²) in [5, 5.41) is 0. The number of likely N-dealkylation sites (tertiary alicyclic amines) is 1. The first-order valence-corrected chi connectivity index (χ1v) is 8.65. The fourth-order valence-corrected chi connectivity index (χ4v) is 3.41. The normalized spacial score (nSPS) is 21.3. The van der Waals surface area contributed by atoms with Gasteiger partial charge in [-0.1, -0.05) is 19.9 Å². The van der Waals surface area contributed by atoms with Gasteiger partial charge < -0.3 is 10.6 Å². The molecule has 116 valence electrons. The second-order valence-corrected chi connectivity index (χ2v) is 7.43. The van der Waals surface area contributed by atoms with Crippen LogP contribution in [0.2, 0.25) is 0 Å². The Morgan fingerprint density at radius 3 is 3.00 bits per heavy atom. The number of rotatable bonds is 5. The molecule has 2 heterocycles. The van der Waals surface area contributed by atoms with E-state index in [2.05, 4.69) is 18.8 Å². The quantitative estimate of drug-likeness (QED) is 0.848. The fraction of sp³-hybridized carbons (Fsp3) is 0.625. The minimum Gasteiger partial charge on any atom is -0.342 e. The highest BCUT2D eigenvalue weighted by atomic mass is 32.2. The third-order valence-electron chi connectivity index (χ3n) is 4.10. The van der Waals surface area contributed by atoms with Gasteiger partial charge in [0.15, 0.2) is 0 Å². The molecule has 0 aromatic carbocycles. The van der Waals surface area contributed by atoms with Gasteiger partial charge in [0.05, 0.1) is 5.69 Å². The molecule has 0 spiro atoms. The molecule has 0 aliphatic carbocycles. The lowest BCUT2D eigenvalue weighted by molar-refractivity contribution is -0.134. The number of amides is 1. The van der Waals surface area contributed by atoms with E-state index < -0.39 is 0 Å². The lowest BCUT2D eigenvalue weighted by Gasteiger charge is -2.42. The topological polar surface area (TPSA) is 59.2 Å². The van der Waals surface area contributed by atoms with Gasteiger partial charge in [0.1, 0.15) is 0 Å². The first-order chi connectivity index (χ1) is 9.99. The van der Waals surface area contributed by atoms with Crippen molar-refractivity contribution in [2.75, 3.05) is 18.8 Å². The van der Waals surface area contributed by atoms with Crippen molar-refractivity contribution in [1.29, 1.82) is 0 Å². The van der Waals surface area contributed by atoms with Crippen molar-refractivity contribution in [2.45, 2.75) is 38.5 Å². The van der Waals surface area contributed by atoms with Crippen molar-refractivity contribution >= 4 is 17.7 Å². The largest absolute Gasteiger partial charge is 0.342 e. The van der Waals surface area contributed by atoms with Crippen LogP contribution in [0, 0.1) is 5.41 Å². The smallest absolute Gasteiger partial charge is 0.223 e. The number of thioether (sulfide) groups is 1. The van der Waals surface area contributed by atoms with Crippen LogP contribution in [-0.4, -0.2) is 40.7 Å². The molecule has 0 bridgehead atoms. The highest BCUT2D eigenvalue weighted by Crippen LogP contribution is 2.28. The van der Waals surface area contributed by atoms with Crippen LogP contribution in [0.5, 0.6) is 0 Å².